The SMILES string of the molecule is Clc1cc(Cl)cc(C=Nc2cccc(-c3nnco3)c2)c1. The molecular formula is C15H9Cl2N3O. The summed E-state index contributed by atoms with van der Waals surface area (Å²) in [5.41, 5.74) is 2.41. The summed E-state index contributed by atoms with van der Waals surface area (Å²) in [6.07, 6.45) is 2.99. The predicted octanol–water partition coefficient (Wildman–Crippen LogP) is 4.79. The minimum Gasteiger partial charge on any atom is -0.423 e. The molecule has 0 aliphatic rings. The van der Waals surface area contributed by atoms with Gasteiger partial charge in [0.15, 0.2) is 0 Å². The van der Waals surface area contributed by atoms with Crippen LogP contribution >= 0.6 is 23.2 Å². The summed E-state index contributed by atoms with van der Waals surface area (Å²) in [6.45, 7) is 0. The molecule has 0 saturated heterocycles. The quantitative estimate of drug-likeness (QED) is 0.652. The lowest BCUT2D eigenvalue weighted by molar-refractivity contribution is 0.568. The van der Waals surface area contributed by atoms with Crippen LogP contribution in [0.1, 0.15) is 5.56 Å². The molecule has 0 fully saturated rings. The summed E-state index contributed by atoms with van der Waals surface area (Å²) in [5, 5.41) is 8.67. The molecule has 0 unspecified atom stereocenters. The number of aromatic nitrogens is 2. The molecule has 1 aromatic heterocycles. The second kappa shape index (κ2) is 6.08. The predicted molar refractivity (Wildman–Crippen MR) is 83.4 cm³/mol. The van der Waals surface area contributed by atoms with Crippen molar-refractivity contribution in [2.75, 3.05) is 0 Å². The molecule has 4 nitrogen and oxygen atoms in total. The van der Waals surface area contributed by atoms with Crippen LogP contribution in [-0.4, -0.2) is 16.4 Å². The zero-order valence-corrected chi connectivity index (χ0v) is 12.2. The molecule has 2 aromatic carbocycles. The van der Waals surface area contributed by atoms with Crippen molar-refractivity contribution in [3.8, 4) is 11.5 Å². The van der Waals surface area contributed by atoms with Gasteiger partial charge in [-0.05, 0) is 42.0 Å². The third-order valence-electron chi connectivity index (χ3n) is 2.70. The Bertz CT molecular complexity index is 765. The van der Waals surface area contributed by atoms with Crippen LogP contribution in [0.25, 0.3) is 11.5 Å². The highest BCUT2D eigenvalue weighted by Gasteiger charge is 2.03. The van der Waals surface area contributed by atoms with E-state index in [0.29, 0.717) is 15.9 Å². The van der Waals surface area contributed by atoms with Crippen LogP contribution in [-0.2, 0) is 0 Å². The molecule has 1 heterocycles. The fourth-order valence-corrected chi connectivity index (χ4v) is 2.36. The molecular weight excluding hydrogens is 309 g/mol. The van der Waals surface area contributed by atoms with E-state index in [1.807, 2.05) is 24.3 Å². The van der Waals surface area contributed by atoms with Gasteiger partial charge in [0.05, 0.1) is 5.69 Å². The maximum Gasteiger partial charge on any atom is 0.247 e. The van der Waals surface area contributed by atoms with E-state index in [0.717, 1.165) is 16.8 Å². The van der Waals surface area contributed by atoms with Crippen molar-refractivity contribution in [2.45, 2.75) is 0 Å². The molecule has 0 N–H and O–H groups in total. The van der Waals surface area contributed by atoms with Crippen molar-refractivity contribution in [2.24, 2.45) is 4.99 Å². The van der Waals surface area contributed by atoms with Gasteiger partial charge < -0.3 is 4.42 Å². The minimum atomic E-state index is 0.456. The molecule has 0 bridgehead atoms. The first kappa shape index (κ1) is 13.8. The highest BCUT2D eigenvalue weighted by molar-refractivity contribution is 6.35. The monoisotopic (exact) mass is 317 g/mol. The van der Waals surface area contributed by atoms with Gasteiger partial charge in [-0.15, -0.1) is 10.2 Å². The van der Waals surface area contributed by atoms with E-state index in [-0.39, 0.29) is 0 Å². The van der Waals surface area contributed by atoms with E-state index >= 15 is 0 Å². The standard InChI is InChI=1S/C15H9Cl2N3O/c16-12-4-10(5-13(17)7-12)8-18-14-3-1-2-11(6-14)15-20-19-9-21-15/h1-9H. The van der Waals surface area contributed by atoms with Crippen LogP contribution < -0.4 is 0 Å². The highest BCUT2D eigenvalue weighted by atomic mass is 35.5. The number of aliphatic imine (C=N–C) groups is 1. The number of benzene rings is 2. The zero-order chi connectivity index (χ0) is 14.7. The molecule has 21 heavy (non-hydrogen) atoms. The van der Waals surface area contributed by atoms with Crippen molar-refractivity contribution in [3.63, 3.8) is 0 Å². The van der Waals surface area contributed by atoms with Gasteiger partial charge in [0.25, 0.3) is 0 Å². The van der Waals surface area contributed by atoms with Gasteiger partial charge in [-0.3, -0.25) is 4.99 Å². The Kier molecular flexibility index (Phi) is 3.99. The Morgan fingerprint density at radius 3 is 2.57 bits per heavy atom. The van der Waals surface area contributed by atoms with Crippen molar-refractivity contribution < 1.29 is 4.42 Å². The second-order valence-electron chi connectivity index (χ2n) is 4.26. The van der Waals surface area contributed by atoms with Crippen LogP contribution in [0.5, 0.6) is 0 Å². The first-order valence-corrected chi connectivity index (χ1v) is 6.83. The summed E-state index contributed by atoms with van der Waals surface area (Å²) >= 11 is 11.9. The van der Waals surface area contributed by atoms with Crippen molar-refractivity contribution in [1.29, 1.82) is 0 Å². The molecule has 0 saturated carbocycles. The molecule has 0 aliphatic heterocycles. The van der Waals surface area contributed by atoms with Crippen molar-refractivity contribution in [1.82, 2.24) is 10.2 Å². The van der Waals surface area contributed by atoms with Crippen LogP contribution in [0, 0.1) is 0 Å². The van der Waals surface area contributed by atoms with E-state index < -0.39 is 0 Å². The maximum absolute atomic E-state index is 5.95. The fourth-order valence-electron chi connectivity index (χ4n) is 1.82. The third kappa shape index (κ3) is 3.48. The van der Waals surface area contributed by atoms with Crippen LogP contribution in [0.4, 0.5) is 5.69 Å². The van der Waals surface area contributed by atoms with Gasteiger partial charge in [0.2, 0.25) is 12.3 Å². The number of halogens is 2. The topological polar surface area (TPSA) is 51.3 Å². The van der Waals surface area contributed by atoms with Gasteiger partial charge >= 0.3 is 0 Å². The van der Waals surface area contributed by atoms with Gasteiger partial charge in [0, 0.05) is 21.8 Å². The molecule has 0 spiro atoms. The smallest absolute Gasteiger partial charge is 0.247 e. The van der Waals surface area contributed by atoms with E-state index in [1.165, 1.54) is 6.39 Å². The molecule has 0 aliphatic carbocycles. The first-order chi connectivity index (χ1) is 10.2. The Morgan fingerprint density at radius 1 is 1.05 bits per heavy atom. The lowest BCUT2D eigenvalue weighted by atomic mass is 10.2. The van der Waals surface area contributed by atoms with Gasteiger partial charge in [-0.2, -0.15) is 0 Å². The van der Waals surface area contributed by atoms with Crippen LogP contribution in [0.3, 0.4) is 0 Å². The van der Waals surface area contributed by atoms with Crippen molar-refractivity contribution >= 4 is 35.1 Å². The van der Waals surface area contributed by atoms with Gasteiger partial charge in [-0.25, -0.2) is 0 Å². The first-order valence-electron chi connectivity index (χ1n) is 6.07. The summed E-state index contributed by atoms with van der Waals surface area (Å²) in [4.78, 5) is 4.40. The Morgan fingerprint density at radius 2 is 1.86 bits per heavy atom. The molecule has 3 aromatic rings. The summed E-state index contributed by atoms with van der Waals surface area (Å²) in [7, 11) is 0. The Labute approximate surface area is 131 Å². The van der Waals surface area contributed by atoms with Gasteiger partial charge in [0.1, 0.15) is 0 Å². The van der Waals surface area contributed by atoms with Crippen LogP contribution in [0.15, 0.2) is 58.3 Å². The third-order valence-corrected chi connectivity index (χ3v) is 3.14. The second-order valence-corrected chi connectivity index (χ2v) is 5.13. The summed E-state index contributed by atoms with van der Waals surface area (Å²) < 4.78 is 5.16. The highest BCUT2D eigenvalue weighted by Crippen LogP contribution is 2.23. The van der Waals surface area contributed by atoms with Crippen LogP contribution in [0.2, 0.25) is 10.0 Å². The fraction of sp³-hybridized carbons (Fsp3) is 0. The lowest BCUT2D eigenvalue weighted by Gasteiger charge is -1.99. The summed E-state index contributed by atoms with van der Waals surface area (Å²) in [6, 6.07) is 12.7. The molecule has 104 valence electrons. The lowest BCUT2D eigenvalue weighted by Crippen LogP contribution is -1.82. The maximum atomic E-state index is 5.95. The zero-order valence-electron chi connectivity index (χ0n) is 10.7. The average Bonchev–Trinajstić information content (AvgIpc) is 2.99. The number of rotatable bonds is 3. The van der Waals surface area contributed by atoms with E-state index in [9.17, 15) is 0 Å². The van der Waals surface area contributed by atoms with E-state index in [1.54, 1.807) is 24.4 Å². The van der Waals surface area contributed by atoms with E-state index in [2.05, 4.69) is 15.2 Å². The van der Waals surface area contributed by atoms with E-state index in [4.69, 9.17) is 27.6 Å². The number of hydrogen-bond acceptors (Lipinski definition) is 4. The molecule has 0 radical (unpaired) electrons. The van der Waals surface area contributed by atoms with Gasteiger partial charge in [-0.1, -0.05) is 29.3 Å². The summed E-state index contributed by atoms with van der Waals surface area (Å²) in [5.74, 6) is 0.456. The number of hydrogen-bond donors (Lipinski definition) is 0. The number of nitrogens with zero attached hydrogens (tertiary/aromatic N) is 3. The minimum absolute atomic E-state index is 0.456. The molecule has 0 atom stereocenters. The Hall–Kier alpha value is -2.17. The Balaban J connectivity index is 1.88. The molecule has 6 heteroatoms. The molecule has 0 amide bonds. The van der Waals surface area contributed by atoms with Crippen molar-refractivity contribution in [3.05, 3.63) is 64.5 Å². The largest absolute Gasteiger partial charge is 0.423 e. The normalized spacial score (nSPS) is 11.1. The molecule has 3 rings (SSSR count). The average molecular weight is 318 g/mol.